The summed E-state index contributed by atoms with van der Waals surface area (Å²) in [6.07, 6.45) is 8.01. The van der Waals surface area contributed by atoms with Crippen molar-refractivity contribution in [1.82, 2.24) is 19.9 Å². The maximum atomic E-state index is 4.62. The van der Waals surface area contributed by atoms with Gasteiger partial charge in [-0.25, -0.2) is 9.97 Å². The van der Waals surface area contributed by atoms with Crippen molar-refractivity contribution in [2.24, 2.45) is 0 Å². The lowest BCUT2D eigenvalue weighted by Gasteiger charge is -2.36. The quantitative estimate of drug-likeness (QED) is 0.700. The first-order valence-electron chi connectivity index (χ1n) is 10.2. The third-order valence-corrected chi connectivity index (χ3v) is 5.87. The first-order chi connectivity index (χ1) is 13.9. The third-order valence-electron chi connectivity index (χ3n) is 5.87. The maximum absolute atomic E-state index is 4.62. The molecular weight excluding hydrogens is 348 g/mol. The Morgan fingerprint density at radius 3 is 2.50 bits per heavy atom. The van der Waals surface area contributed by atoms with E-state index in [2.05, 4.69) is 53.9 Å². The molecule has 0 amide bonds. The normalized spacial score (nSPS) is 18.1. The average Bonchev–Trinajstić information content (AvgIpc) is 3.29. The minimum absolute atomic E-state index is 0.979. The summed E-state index contributed by atoms with van der Waals surface area (Å²) in [4.78, 5) is 20.7. The van der Waals surface area contributed by atoms with Crippen molar-refractivity contribution in [2.75, 3.05) is 49.1 Å². The Bertz CT molecular complexity index is 930. The van der Waals surface area contributed by atoms with Crippen LogP contribution in [0, 0.1) is 0 Å². The Balaban J connectivity index is 1.32. The van der Waals surface area contributed by atoms with Crippen LogP contribution < -0.4 is 9.80 Å². The van der Waals surface area contributed by atoms with Crippen LogP contribution in [0.1, 0.15) is 18.4 Å². The van der Waals surface area contributed by atoms with Gasteiger partial charge >= 0.3 is 0 Å². The second-order valence-corrected chi connectivity index (χ2v) is 7.72. The van der Waals surface area contributed by atoms with E-state index in [9.17, 15) is 0 Å². The SMILES string of the molecule is c1cncc(CN2CCN(c3ccc4ncnc(N5CCCC5)c4c3)CC2)c1. The number of pyridine rings is 1. The van der Waals surface area contributed by atoms with E-state index >= 15 is 0 Å². The maximum Gasteiger partial charge on any atom is 0.139 e. The fourth-order valence-corrected chi connectivity index (χ4v) is 4.32. The molecule has 2 aromatic heterocycles. The Hall–Kier alpha value is -2.73. The predicted molar refractivity (Wildman–Crippen MR) is 113 cm³/mol. The zero-order valence-corrected chi connectivity index (χ0v) is 16.2. The van der Waals surface area contributed by atoms with E-state index in [4.69, 9.17) is 0 Å². The summed E-state index contributed by atoms with van der Waals surface area (Å²) in [6.45, 7) is 7.39. The second-order valence-electron chi connectivity index (χ2n) is 7.72. The molecule has 0 N–H and O–H groups in total. The number of nitrogens with zero attached hydrogens (tertiary/aromatic N) is 6. The Kier molecular flexibility index (Phi) is 4.79. The minimum Gasteiger partial charge on any atom is -0.369 e. The number of rotatable bonds is 4. The molecule has 2 aliphatic heterocycles. The van der Waals surface area contributed by atoms with E-state index in [0.717, 1.165) is 57.1 Å². The molecule has 0 spiro atoms. The Labute approximate surface area is 165 Å². The van der Waals surface area contributed by atoms with Crippen LogP contribution in [0.3, 0.4) is 0 Å². The molecule has 0 aliphatic carbocycles. The molecule has 2 saturated heterocycles. The largest absolute Gasteiger partial charge is 0.369 e. The van der Waals surface area contributed by atoms with Crippen LogP contribution >= 0.6 is 0 Å². The van der Waals surface area contributed by atoms with E-state index < -0.39 is 0 Å². The number of piperazine rings is 1. The molecule has 0 atom stereocenters. The number of hydrogen-bond acceptors (Lipinski definition) is 6. The summed E-state index contributed by atoms with van der Waals surface area (Å²) in [7, 11) is 0. The molecule has 28 heavy (non-hydrogen) atoms. The van der Waals surface area contributed by atoms with Crippen LogP contribution in [0.4, 0.5) is 11.5 Å². The molecule has 4 heterocycles. The topological polar surface area (TPSA) is 48.4 Å². The van der Waals surface area contributed by atoms with Crippen LogP contribution in [-0.4, -0.2) is 59.1 Å². The van der Waals surface area contributed by atoms with Gasteiger partial charge in [0, 0.05) is 69.3 Å². The van der Waals surface area contributed by atoms with Crippen LogP contribution in [0.15, 0.2) is 49.1 Å². The number of hydrogen-bond donors (Lipinski definition) is 0. The molecule has 144 valence electrons. The molecule has 1 aromatic carbocycles. The molecule has 0 saturated carbocycles. The summed E-state index contributed by atoms with van der Waals surface area (Å²) < 4.78 is 0. The minimum atomic E-state index is 0.979. The molecule has 5 rings (SSSR count). The van der Waals surface area contributed by atoms with Gasteiger partial charge in [0.05, 0.1) is 5.52 Å². The zero-order chi connectivity index (χ0) is 18.8. The van der Waals surface area contributed by atoms with Gasteiger partial charge in [-0.3, -0.25) is 9.88 Å². The van der Waals surface area contributed by atoms with Gasteiger partial charge in [-0.05, 0) is 42.7 Å². The lowest BCUT2D eigenvalue weighted by atomic mass is 10.1. The predicted octanol–water partition coefficient (Wildman–Crippen LogP) is 2.95. The van der Waals surface area contributed by atoms with Gasteiger partial charge in [0.25, 0.3) is 0 Å². The van der Waals surface area contributed by atoms with E-state index in [1.165, 1.54) is 29.5 Å². The van der Waals surface area contributed by atoms with Crippen molar-refractivity contribution in [2.45, 2.75) is 19.4 Å². The van der Waals surface area contributed by atoms with Gasteiger partial charge in [-0.15, -0.1) is 0 Å². The van der Waals surface area contributed by atoms with Crippen molar-refractivity contribution in [3.63, 3.8) is 0 Å². The van der Waals surface area contributed by atoms with Gasteiger partial charge < -0.3 is 9.80 Å². The standard InChI is InChI=1S/C22H26N6/c1-2-9-28(8-1)22-20-14-19(5-6-21(20)24-17-25-22)27-12-10-26(11-13-27)16-18-4-3-7-23-15-18/h3-7,14-15,17H,1-2,8-13,16H2. The molecule has 0 unspecified atom stereocenters. The van der Waals surface area contributed by atoms with Gasteiger partial charge in [0.15, 0.2) is 0 Å². The van der Waals surface area contributed by atoms with Crippen LogP contribution in [0.5, 0.6) is 0 Å². The van der Waals surface area contributed by atoms with Crippen molar-refractivity contribution >= 4 is 22.4 Å². The summed E-state index contributed by atoms with van der Waals surface area (Å²) in [5.41, 5.74) is 3.61. The summed E-state index contributed by atoms with van der Waals surface area (Å²) in [5.74, 6) is 1.10. The van der Waals surface area contributed by atoms with Crippen molar-refractivity contribution in [3.05, 3.63) is 54.6 Å². The lowest BCUT2D eigenvalue weighted by molar-refractivity contribution is 0.249. The molecule has 2 aliphatic rings. The average molecular weight is 374 g/mol. The lowest BCUT2D eigenvalue weighted by Crippen LogP contribution is -2.46. The highest BCUT2D eigenvalue weighted by molar-refractivity contribution is 5.92. The Morgan fingerprint density at radius 2 is 1.71 bits per heavy atom. The molecule has 2 fully saturated rings. The summed E-state index contributed by atoms with van der Waals surface area (Å²) >= 11 is 0. The molecule has 6 nitrogen and oxygen atoms in total. The molecule has 0 bridgehead atoms. The number of fused-ring (bicyclic) bond motifs is 1. The monoisotopic (exact) mass is 374 g/mol. The van der Waals surface area contributed by atoms with E-state index in [1.54, 1.807) is 6.33 Å². The second kappa shape index (κ2) is 7.72. The number of anilines is 2. The fraction of sp³-hybridized carbons (Fsp3) is 0.409. The highest BCUT2D eigenvalue weighted by atomic mass is 15.3. The van der Waals surface area contributed by atoms with Crippen LogP contribution in [0.2, 0.25) is 0 Å². The highest BCUT2D eigenvalue weighted by Crippen LogP contribution is 2.30. The Morgan fingerprint density at radius 1 is 0.857 bits per heavy atom. The molecule has 3 aromatic rings. The van der Waals surface area contributed by atoms with Gasteiger partial charge in [0.2, 0.25) is 0 Å². The number of aromatic nitrogens is 3. The van der Waals surface area contributed by atoms with E-state index in [1.807, 2.05) is 18.5 Å². The van der Waals surface area contributed by atoms with Gasteiger partial charge in [0.1, 0.15) is 12.1 Å². The van der Waals surface area contributed by atoms with Crippen molar-refractivity contribution < 1.29 is 0 Å². The highest BCUT2D eigenvalue weighted by Gasteiger charge is 2.20. The fourth-order valence-electron chi connectivity index (χ4n) is 4.32. The van der Waals surface area contributed by atoms with E-state index in [0.29, 0.717) is 0 Å². The van der Waals surface area contributed by atoms with Crippen LogP contribution in [-0.2, 0) is 6.54 Å². The number of benzene rings is 1. The van der Waals surface area contributed by atoms with Crippen molar-refractivity contribution in [3.8, 4) is 0 Å². The van der Waals surface area contributed by atoms with Gasteiger partial charge in [-0.1, -0.05) is 6.07 Å². The first kappa shape index (κ1) is 17.4. The molecular formula is C22H26N6. The van der Waals surface area contributed by atoms with Crippen molar-refractivity contribution in [1.29, 1.82) is 0 Å². The first-order valence-corrected chi connectivity index (χ1v) is 10.2. The molecule has 6 heteroatoms. The summed E-state index contributed by atoms with van der Waals surface area (Å²) in [6, 6.07) is 10.8. The summed E-state index contributed by atoms with van der Waals surface area (Å²) in [5, 5.41) is 1.18. The molecule has 0 radical (unpaired) electrons. The third kappa shape index (κ3) is 3.52. The van der Waals surface area contributed by atoms with Crippen LogP contribution in [0.25, 0.3) is 10.9 Å². The van der Waals surface area contributed by atoms with E-state index in [-0.39, 0.29) is 0 Å². The smallest absolute Gasteiger partial charge is 0.139 e. The van der Waals surface area contributed by atoms with Gasteiger partial charge in [-0.2, -0.15) is 0 Å². The zero-order valence-electron chi connectivity index (χ0n) is 16.2.